The van der Waals surface area contributed by atoms with Gasteiger partial charge in [0.25, 0.3) is 0 Å². The summed E-state index contributed by atoms with van der Waals surface area (Å²) in [7, 11) is 0. The zero-order valence-corrected chi connectivity index (χ0v) is 10.1. The van der Waals surface area contributed by atoms with Gasteiger partial charge in [0.05, 0.1) is 5.52 Å². The van der Waals surface area contributed by atoms with Gasteiger partial charge in [-0.2, -0.15) is 18.3 Å². The van der Waals surface area contributed by atoms with Gasteiger partial charge in [-0.3, -0.25) is 10.1 Å². The second-order valence-electron chi connectivity index (χ2n) is 4.31. The van der Waals surface area contributed by atoms with Crippen molar-refractivity contribution < 1.29 is 13.2 Å². The van der Waals surface area contributed by atoms with E-state index in [1.807, 2.05) is 0 Å². The van der Waals surface area contributed by atoms with Gasteiger partial charge in [0.1, 0.15) is 11.4 Å². The van der Waals surface area contributed by atoms with Crippen LogP contribution in [0.5, 0.6) is 0 Å². The fourth-order valence-corrected chi connectivity index (χ4v) is 1.95. The van der Waals surface area contributed by atoms with E-state index in [1.54, 1.807) is 18.2 Å². The van der Waals surface area contributed by atoms with Gasteiger partial charge in [0, 0.05) is 22.8 Å². The second-order valence-corrected chi connectivity index (χ2v) is 4.31. The number of H-pyrrole nitrogens is 1. The first-order valence-electron chi connectivity index (χ1n) is 5.72. The maximum absolute atomic E-state index is 12.5. The van der Waals surface area contributed by atoms with Crippen LogP contribution < -0.4 is 5.73 Å². The molecule has 2 heterocycles. The maximum Gasteiger partial charge on any atom is 0.433 e. The molecule has 0 aliphatic rings. The molecule has 7 heteroatoms. The van der Waals surface area contributed by atoms with Crippen LogP contribution in [0.4, 0.5) is 18.9 Å². The van der Waals surface area contributed by atoms with Crippen molar-refractivity contribution in [2.45, 2.75) is 6.18 Å². The summed E-state index contributed by atoms with van der Waals surface area (Å²) >= 11 is 0. The Bertz CT molecular complexity index is 759. The first-order valence-corrected chi connectivity index (χ1v) is 5.72. The van der Waals surface area contributed by atoms with Crippen molar-refractivity contribution in [3.05, 3.63) is 42.2 Å². The molecule has 3 N–H and O–H groups in total. The lowest BCUT2D eigenvalue weighted by molar-refractivity contribution is -0.141. The number of hydrogen-bond donors (Lipinski definition) is 2. The molecular weight excluding hydrogens is 269 g/mol. The third-order valence-electron chi connectivity index (χ3n) is 2.91. The van der Waals surface area contributed by atoms with E-state index in [0.717, 1.165) is 23.2 Å². The summed E-state index contributed by atoms with van der Waals surface area (Å²) < 4.78 is 37.4. The summed E-state index contributed by atoms with van der Waals surface area (Å²) in [5.41, 5.74) is 7.11. The van der Waals surface area contributed by atoms with E-state index in [0.29, 0.717) is 16.9 Å². The Kier molecular flexibility index (Phi) is 2.63. The molecule has 0 unspecified atom stereocenters. The van der Waals surface area contributed by atoms with Gasteiger partial charge in [-0.05, 0) is 30.3 Å². The fraction of sp³-hybridized carbons (Fsp3) is 0.0769. The number of rotatable bonds is 1. The molecule has 4 nitrogen and oxygen atoms in total. The molecule has 0 fully saturated rings. The minimum Gasteiger partial charge on any atom is -0.399 e. The number of nitrogens with two attached hydrogens (primary N) is 1. The summed E-state index contributed by atoms with van der Waals surface area (Å²) in [5, 5.41) is 7.64. The van der Waals surface area contributed by atoms with Crippen molar-refractivity contribution in [3.8, 4) is 11.3 Å². The van der Waals surface area contributed by atoms with Crippen LogP contribution in [0.15, 0.2) is 36.5 Å². The molecule has 20 heavy (non-hydrogen) atoms. The summed E-state index contributed by atoms with van der Waals surface area (Å²) in [4.78, 5) is 3.43. The molecule has 0 aliphatic heterocycles. The monoisotopic (exact) mass is 278 g/mol. The quantitative estimate of drug-likeness (QED) is 0.671. The lowest BCUT2D eigenvalue weighted by Gasteiger charge is -2.05. The lowest BCUT2D eigenvalue weighted by atomic mass is 10.1. The van der Waals surface area contributed by atoms with E-state index in [1.165, 1.54) is 6.07 Å². The van der Waals surface area contributed by atoms with Crippen LogP contribution in [-0.2, 0) is 6.18 Å². The smallest absolute Gasteiger partial charge is 0.399 e. The van der Waals surface area contributed by atoms with Crippen LogP contribution in [0.3, 0.4) is 0 Å². The Morgan fingerprint density at radius 2 is 1.90 bits per heavy atom. The number of fused-ring (bicyclic) bond motifs is 1. The summed E-state index contributed by atoms with van der Waals surface area (Å²) in [6.45, 7) is 0. The highest BCUT2D eigenvalue weighted by Gasteiger charge is 2.32. The average molecular weight is 278 g/mol. The van der Waals surface area contributed by atoms with Gasteiger partial charge in [0.2, 0.25) is 0 Å². The van der Waals surface area contributed by atoms with Gasteiger partial charge >= 0.3 is 6.18 Å². The van der Waals surface area contributed by atoms with Crippen LogP contribution in [0, 0.1) is 0 Å². The van der Waals surface area contributed by atoms with E-state index >= 15 is 0 Å². The average Bonchev–Trinajstić information content (AvgIpc) is 2.81. The third-order valence-corrected chi connectivity index (χ3v) is 2.91. The van der Waals surface area contributed by atoms with Gasteiger partial charge in [0.15, 0.2) is 0 Å². The highest BCUT2D eigenvalue weighted by atomic mass is 19.4. The molecule has 0 saturated carbocycles. The van der Waals surface area contributed by atoms with E-state index in [4.69, 9.17) is 5.73 Å². The predicted octanol–water partition coefficient (Wildman–Crippen LogP) is 3.23. The maximum atomic E-state index is 12.5. The van der Waals surface area contributed by atoms with Crippen molar-refractivity contribution in [2.24, 2.45) is 0 Å². The number of pyridine rings is 1. The zero-order chi connectivity index (χ0) is 14.3. The number of nitrogen functional groups attached to an aromatic ring is 1. The highest BCUT2D eigenvalue weighted by Crippen LogP contribution is 2.31. The SMILES string of the molecule is Nc1ccc2[nH]nc(-c3ccc(C(F)(F)F)nc3)c2c1. The number of halogens is 3. The normalized spacial score (nSPS) is 11.9. The molecule has 3 aromatic rings. The number of nitrogens with zero attached hydrogens (tertiary/aromatic N) is 2. The van der Waals surface area contributed by atoms with Gasteiger partial charge in [-0.25, -0.2) is 0 Å². The standard InChI is InChI=1S/C13H9F3N4/c14-13(15,16)11-4-1-7(6-18-11)12-9-5-8(17)2-3-10(9)19-20-12/h1-6H,17H2,(H,19,20). The highest BCUT2D eigenvalue weighted by molar-refractivity contribution is 5.94. The van der Waals surface area contributed by atoms with E-state index in [2.05, 4.69) is 15.2 Å². The Labute approximate surface area is 111 Å². The molecule has 0 radical (unpaired) electrons. The molecule has 102 valence electrons. The number of aromatic amines is 1. The van der Waals surface area contributed by atoms with E-state index in [-0.39, 0.29) is 0 Å². The summed E-state index contributed by atoms with van der Waals surface area (Å²) in [6.07, 6.45) is -3.29. The number of benzene rings is 1. The second kappa shape index (κ2) is 4.22. The predicted molar refractivity (Wildman–Crippen MR) is 68.7 cm³/mol. The minimum atomic E-state index is -4.45. The number of hydrogen-bond acceptors (Lipinski definition) is 3. The number of anilines is 1. The zero-order valence-electron chi connectivity index (χ0n) is 10.1. The molecule has 0 aliphatic carbocycles. The number of alkyl halides is 3. The largest absolute Gasteiger partial charge is 0.433 e. The first kappa shape index (κ1) is 12.5. The molecule has 0 bridgehead atoms. The van der Waals surface area contributed by atoms with Crippen molar-refractivity contribution in [2.75, 3.05) is 5.73 Å². The Morgan fingerprint density at radius 1 is 1.10 bits per heavy atom. The third kappa shape index (κ3) is 2.07. The molecule has 0 spiro atoms. The minimum absolute atomic E-state index is 0.495. The van der Waals surface area contributed by atoms with Crippen LogP contribution in [0.25, 0.3) is 22.2 Å². The Morgan fingerprint density at radius 3 is 2.55 bits per heavy atom. The Balaban J connectivity index is 2.09. The van der Waals surface area contributed by atoms with Gasteiger partial charge < -0.3 is 5.73 Å². The van der Waals surface area contributed by atoms with Crippen LogP contribution in [0.2, 0.25) is 0 Å². The molecule has 0 saturated heterocycles. The summed E-state index contributed by atoms with van der Waals surface area (Å²) in [5.74, 6) is 0. The number of aromatic nitrogens is 3. The topological polar surface area (TPSA) is 67.6 Å². The number of nitrogens with one attached hydrogen (secondary N) is 1. The van der Waals surface area contributed by atoms with Crippen LogP contribution >= 0.6 is 0 Å². The van der Waals surface area contributed by atoms with Crippen molar-refractivity contribution in [3.63, 3.8) is 0 Å². The molecule has 1 aromatic carbocycles. The molecule has 3 rings (SSSR count). The fourth-order valence-electron chi connectivity index (χ4n) is 1.95. The first-order chi connectivity index (χ1) is 9.45. The van der Waals surface area contributed by atoms with Crippen LogP contribution in [-0.4, -0.2) is 15.2 Å². The van der Waals surface area contributed by atoms with Crippen LogP contribution in [0.1, 0.15) is 5.69 Å². The van der Waals surface area contributed by atoms with Gasteiger partial charge in [-0.15, -0.1) is 0 Å². The molecule has 0 amide bonds. The molecule has 0 atom stereocenters. The van der Waals surface area contributed by atoms with Gasteiger partial charge in [-0.1, -0.05) is 0 Å². The molecular formula is C13H9F3N4. The lowest BCUT2D eigenvalue weighted by Crippen LogP contribution is -2.07. The van der Waals surface area contributed by atoms with Crippen molar-refractivity contribution >= 4 is 16.6 Å². The van der Waals surface area contributed by atoms with Crippen molar-refractivity contribution in [1.29, 1.82) is 0 Å². The van der Waals surface area contributed by atoms with E-state index < -0.39 is 11.9 Å². The Hall–Kier alpha value is -2.57. The van der Waals surface area contributed by atoms with E-state index in [9.17, 15) is 13.2 Å². The van der Waals surface area contributed by atoms with Crippen molar-refractivity contribution in [1.82, 2.24) is 15.2 Å². The molecule has 2 aromatic heterocycles. The summed E-state index contributed by atoms with van der Waals surface area (Å²) in [6, 6.07) is 7.47.